The summed E-state index contributed by atoms with van der Waals surface area (Å²) < 4.78 is 18.6. The van der Waals surface area contributed by atoms with Gasteiger partial charge in [0.1, 0.15) is 17.9 Å². The van der Waals surface area contributed by atoms with Gasteiger partial charge in [-0.15, -0.1) is 0 Å². The van der Waals surface area contributed by atoms with E-state index in [1.807, 2.05) is 11.9 Å². The lowest BCUT2D eigenvalue weighted by atomic mass is 9.96. The van der Waals surface area contributed by atoms with E-state index in [1.165, 1.54) is 26.2 Å². The molecular weight excluding hydrogens is 373 g/mol. The number of anilines is 1. The second-order valence-electron chi connectivity index (χ2n) is 6.52. The van der Waals surface area contributed by atoms with Gasteiger partial charge in [-0.1, -0.05) is 0 Å². The van der Waals surface area contributed by atoms with E-state index >= 15 is 0 Å². The van der Waals surface area contributed by atoms with Crippen LogP contribution in [0.25, 0.3) is 11.6 Å². The van der Waals surface area contributed by atoms with Gasteiger partial charge in [-0.05, 0) is 49.8 Å². The number of aliphatic hydroxyl groups excluding tert-OH is 1. The summed E-state index contributed by atoms with van der Waals surface area (Å²) in [7, 11) is 3.35. The van der Waals surface area contributed by atoms with Crippen LogP contribution < -0.4 is 9.64 Å². The van der Waals surface area contributed by atoms with Gasteiger partial charge in [-0.2, -0.15) is 0 Å². The van der Waals surface area contributed by atoms with Gasteiger partial charge >= 0.3 is 0 Å². The first-order valence-corrected chi connectivity index (χ1v) is 8.89. The van der Waals surface area contributed by atoms with Gasteiger partial charge in [0.05, 0.1) is 31.3 Å². The van der Waals surface area contributed by atoms with Crippen molar-refractivity contribution in [2.75, 3.05) is 19.1 Å². The molecular formula is C22H24FN3O3. The molecule has 0 fully saturated rings. The first kappa shape index (κ1) is 21.8. The van der Waals surface area contributed by atoms with E-state index in [4.69, 9.17) is 10.1 Å². The highest BCUT2D eigenvalue weighted by Crippen LogP contribution is 2.36. The molecule has 2 aromatic rings. The number of pyridine rings is 1. The summed E-state index contributed by atoms with van der Waals surface area (Å²) in [6.45, 7) is 3.49. The molecule has 0 spiro atoms. The van der Waals surface area contributed by atoms with Gasteiger partial charge in [0.15, 0.2) is 0 Å². The largest absolute Gasteiger partial charge is 0.512 e. The molecule has 152 valence electrons. The number of aromatic nitrogens is 1. The van der Waals surface area contributed by atoms with Crippen LogP contribution in [-0.2, 0) is 11.3 Å². The summed E-state index contributed by atoms with van der Waals surface area (Å²) in [5.74, 6) is 0.0626. The number of carbonyl (C=O) groups excluding carboxylic acids is 1. The Morgan fingerprint density at radius 3 is 2.59 bits per heavy atom. The maximum atomic E-state index is 13.1. The van der Waals surface area contributed by atoms with Crippen LogP contribution in [0, 0.1) is 11.2 Å². The molecule has 0 bridgehead atoms. The maximum Gasteiger partial charge on any atom is 0.142 e. The zero-order valence-electron chi connectivity index (χ0n) is 16.9. The molecule has 7 heteroatoms. The number of halogens is 1. The van der Waals surface area contributed by atoms with E-state index in [-0.39, 0.29) is 11.5 Å². The predicted molar refractivity (Wildman–Crippen MR) is 113 cm³/mol. The van der Waals surface area contributed by atoms with Crippen molar-refractivity contribution in [3.8, 4) is 5.75 Å². The predicted octanol–water partition coefficient (Wildman–Crippen LogP) is 4.41. The minimum atomic E-state index is -0.405. The Hall–Kier alpha value is -3.48. The average molecular weight is 397 g/mol. The van der Waals surface area contributed by atoms with Crippen molar-refractivity contribution in [1.82, 2.24) is 4.98 Å². The van der Waals surface area contributed by atoms with E-state index in [2.05, 4.69) is 4.98 Å². The molecule has 2 rings (SSSR count). The monoisotopic (exact) mass is 397 g/mol. The van der Waals surface area contributed by atoms with E-state index in [0.29, 0.717) is 41.0 Å². The van der Waals surface area contributed by atoms with Crippen LogP contribution >= 0.6 is 0 Å². The van der Waals surface area contributed by atoms with Crippen LogP contribution in [0.15, 0.2) is 42.3 Å². The highest BCUT2D eigenvalue weighted by atomic mass is 19.1. The standard InChI is InChI=1S/C22H24FN3O3/c1-14(24)22(15(2)28)19-10-16(6-5-9-27)20(11-21(19)29-4)26(3)13-18-8-7-17(23)12-25-18/h5-12,24,28H,13H2,1-4H3/b6-5-,22-15+,24-14?. The normalized spacial score (nSPS) is 11.9. The number of hydrogen-bond donors (Lipinski definition) is 2. The van der Waals surface area contributed by atoms with Gasteiger partial charge < -0.3 is 20.2 Å². The Balaban J connectivity index is 2.60. The molecule has 0 saturated carbocycles. The highest BCUT2D eigenvalue weighted by Gasteiger charge is 2.18. The summed E-state index contributed by atoms with van der Waals surface area (Å²) in [6, 6.07) is 6.48. The molecule has 2 N–H and O–H groups in total. The fourth-order valence-corrected chi connectivity index (χ4v) is 3.05. The summed E-state index contributed by atoms with van der Waals surface area (Å²) in [5.41, 5.74) is 3.19. The third-order valence-corrected chi connectivity index (χ3v) is 4.31. The van der Waals surface area contributed by atoms with Crippen molar-refractivity contribution in [3.05, 3.63) is 64.9 Å². The van der Waals surface area contributed by atoms with E-state index in [9.17, 15) is 14.3 Å². The fraction of sp³-hybridized carbons (Fsp3) is 0.227. The van der Waals surface area contributed by atoms with Gasteiger partial charge in [0, 0.05) is 35.6 Å². The second kappa shape index (κ2) is 9.64. The summed E-state index contributed by atoms with van der Waals surface area (Å²) in [4.78, 5) is 16.9. The topological polar surface area (TPSA) is 86.5 Å². The lowest BCUT2D eigenvalue weighted by molar-refractivity contribution is -0.104. The molecule has 0 atom stereocenters. The lowest BCUT2D eigenvalue weighted by Crippen LogP contribution is -2.19. The summed E-state index contributed by atoms with van der Waals surface area (Å²) in [5, 5.41) is 18.1. The van der Waals surface area contributed by atoms with Gasteiger partial charge in [-0.3, -0.25) is 9.78 Å². The molecule has 0 saturated heterocycles. The van der Waals surface area contributed by atoms with Crippen molar-refractivity contribution in [1.29, 1.82) is 5.41 Å². The molecule has 1 aromatic carbocycles. The van der Waals surface area contributed by atoms with E-state index in [1.54, 1.807) is 31.2 Å². The van der Waals surface area contributed by atoms with Crippen LogP contribution in [0.1, 0.15) is 30.7 Å². The van der Waals surface area contributed by atoms with Crippen LogP contribution in [0.2, 0.25) is 0 Å². The van der Waals surface area contributed by atoms with Crippen LogP contribution in [0.5, 0.6) is 5.75 Å². The quantitative estimate of drug-likeness (QED) is 0.298. The molecule has 0 aliphatic rings. The smallest absolute Gasteiger partial charge is 0.142 e. The van der Waals surface area contributed by atoms with E-state index < -0.39 is 5.82 Å². The van der Waals surface area contributed by atoms with Crippen molar-refractivity contribution in [2.45, 2.75) is 20.4 Å². The molecule has 1 aromatic heterocycles. The van der Waals surface area contributed by atoms with Crippen molar-refractivity contribution >= 4 is 29.3 Å². The molecule has 1 heterocycles. The number of methoxy groups -OCH3 is 1. The van der Waals surface area contributed by atoms with Crippen molar-refractivity contribution in [2.24, 2.45) is 0 Å². The summed E-state index contributed by atoms with van der Waals surface area (Å²) >= 11 is 0. The summed E-state index contributed by atoms with van der Waals surface area (Å²) in [6.07, 6.45) is 4.84. The number of nitrogens with zero attached hydrogens (tertiary/aromatic N) is 2. The number of allylic oxidation sites excluding steroid dienone is 3. The van der Waals surface area contributed by atoms with Crippen LogP contribution in [0.4, 0.5) is 10.1 Å². The molecule has 0 aliphatic heterocycles. The Labute approximate surface area is 169 Å². The molecule has 0 radical (unpaired) electrons. The van der Waals surface area contributed by atoms with Gasteiger partial charge in [0.2, 0.25) is 0 Å². The number of aldehydes is 1. The van der Waals surface area contributed by atoms with Crippen molar-refractivity contribution < 1.29 is 19.0 Å². The lowest BCUT2D eigenvalue weighted by Gasteiger charge is -2.24. The zero-order valence-corrected chi connectivity index (χ0v) is 16.9. The molecule has 29 heavy (non-hydrogen) atoms. The second-order valence-corrected chi connectivity index (χ2v) is 6.52. The SMILES string of the molecule is COc1cc(N(C)Cc2ccc(F)cn2)c(/C=C\C=O)cc1/C(C(C)=N)=C(\C)O. The maximum absolute atomic E-state index is 13.1. The number of carbonyl (C=O) groups is 1. The zero-order chi connectivity index (χ0) is 21.6. The minimum Gasteiger partial charge on any atom is -0.512 e. The number of rotatable bonds is 8. The Morgan fingerprint density at radius 1 is 1.34 bits per heavy atom. The third kappa shape index (κ3) is 5.28. The number of aliphatic hydroxyl groups is 1. The fourth-order valence-electron chi connectivity index (χ4n) is 3.05. The van der Waals surface area contributed by atoms with Gasteiger partial charge in [-0.25, -0.2) is 4.39 Å². The first-order valence-electron chi connectivity index (χ1n) is 8.89. The minimum absolute atomic E-state index is 0.00210. The van der Waals surface area contributed by atoms with Crippen LogP contribution in [-0.4, -0.2) is 36.2 Å². The Kier molecular flexibility index (Phi) is 7.25. The Bertz CT molecular complexity index is 962. The average Bonchev–Trinajstić information content (AvgIpc) is 2.67. The van der Waals surface area contributed by atoms with E-state index in [0.717, 1.165) is 11.9 Å². The molecule has 6 nitrogen and oxygen atoms in total. The number of benzene rings is 1. The molecule has 0 aliphatic carbocycles. The highest BCUT2D eigenvalue weighted by molar-refractivity contribution is 6.22. The number of hydrogen-bond acceptors (Lipinski definition) is 6. The number of ether oxygens (including phenoxy) is 1. The van der Waals surface area contributed by atoms with Crippen molar-refractivity contribution in [3.63, 3.8) is 0 Å². The number of nitrogens with one attached hydrogen (secondary N) is 1. The molecule has 0 amide bonds. The van der Waals surface area contributed by atoms with Gasteiger partial charge in [0.25, 0.3) is 0 Å². The van der Waals surface area contributed by atoms with Crippen LogP contribution in [0.3, 0.4) is 0 Å². The molecule has 0 unspecified atom stereocenters. The Morgan fingerprint density at radius 2 is 2.07 bits per heavy atom. The first-order chi connectivity index (χ1) is 13.8. The third-order valence-electron chi connectivity index (χ3n) is 4.31.